The fourth-order valence-corrected chi connectivity index (χ4v) is 3.22. The zero-order valence-electron chi connectivity index (χ0n) is 14.2. The molecular formula is C19H19ClN6. The van der Waals surface area contributed by atoms with Crippen LogP contribution in [0.5, 0.6) is 0 Å². The molecule has 1 fully saturated rings. The van der Waals surface area contributed by atoms with E-state index in [0.717, 1.165) is 37.7 Å². The second kappa shape index (κ2) is 7.58. The highest BCUT2D eigenvalue weighted by Crippen LogP contribution is 2.21. The number of halogens is 1. The van der Waals surface area contributed by atoms with Crippen molar-refractivity contribution in [3.8, 4) is 0 Å². The van der Waals surface area contributed by atoms with Gasteiger partial charge < -0.3 is 15.1 Å². The molecule has 0 bridgehead atoms. The number of para-hydroxylation sites is 1. The summed E-state index contributed by atoms with van der Waals surface area (Å²) in [5.41, 5.74) is 2.10. The molecule has 1 N–H and O–H groups in total. The number of aromatic nitrogens is 3. The first-order valence-corrected chi connectivity index (χ1v) is 8.93. The minimum absolute atomic E-state index is 0.468. The lowest BCUT2D eigenvalue weighted by Gasteiger charge is -2.36. The Kier molecular flexibility index (Phi) is 4.84. The van der Waals surface area contributed by atoms with Crippen molar-refractivity contribution in [3.05, 3.63) is 65.8 Å². The Morgan fingerprint density at radius 1 is 0.885 bits per heavy atom. The van der Waals surface area contributed by atoms with Crippen LogP contribution in [0.3, 0.4) is 0 Å². The van der Waals surface area contributed by atoms with E-state index in [0.29, 0.717) is 11.0 Å². The largest absolute Gasteiger partial charge is 0.368 e. The van der Waals surface area contributed by atoms with Gasteiger partial charge in [0.1, 0.15) is 0 Å². The van der Waals surface area contributed by atoms with Gasteiger partial charge in [-0.2, -0.15) is 10.1 Å². The molecule has 0 unspecified atom stereocenters. The fraction of sp³-hybridized carbons (Fsp3) is 0.211. The summed E-state index contributed by atoms with van der Waals surface area (Å²) < 4.78 is 0. The number of rotatable bonds is 4. The van der Waals surface area contributed by atoms with Crippen molar-refractivity contribution in [1.82, 2.24) is 15.2 Å². The second-order valence-corrected chi connectivity index (χ2v) is 6.52. The Morgan fingerprint density at radius 3 is 2.42 bits per heavy atom. The molecule has 0 amide bonds. The molecule has 1 saturated heterocycles. The molecule has 1 aliphatic rings. The van der Waals surface area contributed by atoms with Gasteiger partial charge in [0.15, 0.2) is 5.82 Å². The molecule has 3 aromatic rings. The average Bonchev–Trinajstić information content (AvgIpc) is 2.69. The second-order valence-electron chi connectivity index (χ2n) is 6.08. The van der Waals surface area contributed by atoms with Crippen molar-refractivity contribution in [1.29, 1.82) is 0 Å². The Labute approximate surface area is 157 Å². The SMILES string of the molecule is Clc1cccc(Nc2nncc(N3CCN(c4ccccc4)CC3)n2)c1. The zero-order valence-corrected chi connectivity index (χ0v) is 15.0. The predicted molar refractivity (Wildman–Crippen MR) is 105 cm³/mol. The third-order valence-electron chi connectivity index (χ3n) is 4.35. The van der Waals surface area contributed by atoms with Crippen LogP contribution in [0.15, 0.2) is 60.8 Å². The minimum Gasteiger partial charge on any atom is -0.368 e. The lowest BCUT2D eigenvalue weighted by atomic mass is 10.2. The summed E-state index contributed by atoms with van der Waals surface area (Å²) in [6.07, 6.45) is 1.71. The fourth-order valence-electron chi connectivity index (χ4n) is 3.03. The van der Waals surface area contributed by atoms with E-state index >= 15 is 0 Å². The number of piperazine rings is 1. The minimum atomic E-state index is 0.468. The summed E-state index contributed by atoms with van der Waals surface area (Å²) in [5, 5.41) is 12.0. The molecule has 0 aliphatic carbocycles. The maximum absolute atomic E-state index is 6.02. The molecule has 26 heavy (non-hydrogen) atoms. The molecule has 2 aromatic carbocycles. The molecule has 6 nitrogen and oxygen atoms in total. The van der Waals surface area contributed by atoms with Gasteiger partial charge in [-0.25, -0.2) is 0 Å². The highest BCUT2D eigenvalue weighted by Gasteiger charge is 2.19. The molecule has 1 aromatic heterocycles. The number of nitrogens with zero attached hydrogens (tertiary/aromatic N) is 5. The van der Waals surface area contributed by atoms with Gasteiger partial charge in [0.25, 0.3) is 0 Å². The van der Waals surface area contributed by atoms with Crippen molar-refractivity contribution < 1.29 is 0 Å². The summed E-state index contributed by atoms with van der Waals surface area (Å²) in [7, 11) is 0. The summed E-state index contributed by atoms with van der Waals surface area (Å²) in [5.74, 6) is 1.30. The molecule has 2 heterocycles. The van der Waals surface area contributed by atoms with Gasteiger partial charge in [-0.3, -0.25) is 0 Å². The summed E-state index contributed by atoms with van der Waals surface area (Å²) in [6.45, 7) is 3.69. The first kappa shape index (κ1) is 16.6. The van der Waals surface area contributed by atoms with Crippen LogP contribution in [0.1, 0.15) is 0 Å². The van der Waals surface area contributed by atoms with E-state index in [1.54, 1.807) is 6.20 Å². The van der Waals surface area contributed by atoms with Crippen LogP contribution in [-0.4, -0.2) is 41.4 Å². The molecule has 132 valence electrons. The molecule has 4 rings (SSSR count). The van der Waals surface area contributed by atoms with Crippen molar-refractivity contribution in [3.63, 3.8) is 0 Å². The predicted octanol–water partition coefficient (Wildman–Crippen LogP) is 3.60. The summed E-state index contributed by atoms with van der Waals surface area (Å²) >= 11 is 6.02. The topological polar surface area (TPSA) is 57.2 Å². The van der Waals surface area contributed by atoms with Crippen molar-refractivity contribution in [2.24, 2.45) is 0 Å². The number of anilines is 4. The number of hydrogen-bond donors (Lipinski definition) is 1. The third kappa shape index (κ3) is 3.86. The lowest BCUT2D eigenvalue weighted by Crippen LogP contribution is -2.46. The van der Waals surface area contributed by atoms with Crippen LogP contribution in [0.4, 0.5) is 23.1 Å². The van der Waals surface area contributed by atoms with E-state index in [1.807, 2.05) is 30.3 Å². The molecule has 0 atom stereocenters. The number of nitrogens with one attached hydrogen (secondary N) is 1. The normalized spacial score (nSPS) is 14.3. The molecule has 1 aliphatic heterocycles. The Balaban J connectivity index is 1.43. The Morgan fingerprint density at radius 2 is 1.65 bits per heavy atom. The van der Waals surface area contributed by atoms with Crippen LogP contribution in [0.25, 0.3) is 0 Å². The monoisotopic (exact) mass is 366 g/mol. The number of benzene rings is 2. The standard InChI is InChI=1S/C19H19ClN6/c20-15-5-4-6-16(13-15)22-19-23-18(14-21-24-19)26-11-9-25(10-12-26)17-7-2-1-3-8-17/h1-8,13-14H,9-12H2,(H,22,23,24). The molecule has 0 saturated carbocycles. The van der Waals surface area contributed by atoms with Crippen molar-refractivity contribution >= 4 is 34.7 Å². The zero-order chi connectivity index (χ0) is 17.8. The molecule has 7 heteroatoms. The smallest absolute Gasteiger partial charge is 0.249 e. The van der Waals surface area contributed by atoms with Crippen LogP contribution < -0.4 is 15.1 Å². The van der Waals surface area contributed by atoms with E-state index in [4.69, 9.17) is 11.6 Å². The van der Waals surface area contributed by atoms with E-state index < -0.39 is 0 Å². The highest BCUT2D eigenvalue weighted by atomic mass is 35.5. The Hall–Kier alpha value is -2.86. The van der Waals surface area contributed by atoms with Gasteiger partial charge in [-0.05, 0) is 30.3 Å². The summed E-state index contributed by atoms with van der Waals surface area (Å²) in [4.78, 5) is 9.22. The highest BCUT2D eigenvalue weighted by molar-refractivity contribution is 6.30. The third-order valence-corrected chi connectivity index (χ3v) is 4.59. The van der Waals surface area contributed by atoms with Gasteiger partial charge >= 0.3 is 0 Å². The van der Waals surface area contributed by atoms with Crippen molar-refractivity contribution in [2.45, 2.75) is 0 Å². The van der Waals surface area contributed by atoms with Gasteiger partial charge in [-0.15, -0.1) is 5.10 Å². The van der Waals surface area contributed by atoms with Crippen LogP contribution >= 0.6 is 11.6 Å². The van der Waals surface area contributed by atoms with E-state index in [1.165, 1.54) is 5.69 Å². The summed E-state index contributed by atoms with van der Waals surface area (Å²) in [6, 6.07) is 17.9. The quantitative estimate of drug-likeness (QED) is 0.761. The van der Waals surface area contributed by atoms with Gasteiger partial charge in [-0.1, -0.05) is 35.9 Å². The maximum Gasteiger partial charge on any atom is 0.249 e. The van der Waals surface area contributed by atoms with E-state index in [-0.39, 0.29) is 0 Å². The molecule has 0 spiro atoms. The maximum atomic E-state index is 6.02. The first-order chi connectivity index (χ1) is 12.8. The molecule has 0 radical (unpaired) electrons. The number of hydrogen-bond acceptors (Lipinski definition) is 6. The van der Waals surface area contributed by atoms with Gasteiger partial charge in [0.2, 0.25) is 5.95 Å². The van der Waals surface area contributed by atoms with Crippen LogP contribution in [0.2, 0.25) is 5.02 Å². The van der Waals surface area contributed by atoms with Crippen molar-refractivity contribution in [2.75, 3.05) is 41.3 Å². The molecular weight excluding hydrogens is 348 g/mol. The first-order valence-electron chi connectivity index (χ1n) is 8.55. The van der Waals surface area contributed by atoms with Gasteiger partial charge in [0.05, 0.1) is 6.20 Å². The van der Waals surface area contributed by atoms with E-state index in [2.05, 4.69) is 54.6 Å². The van der Waals surface area contributed by atoms with Crippen LogP contribution in [-0.2, 0) is 0 Å². The average molecular weight is 367 g/mol. The van der Waals surface area contributed by atoms with Crippen LogP contribution in [0, 0.1) is 0 Å². The van der Waals surface area contributed by atoms with Gasteiger partial charge in [0, 0.05) is 42.6 Å². The Bertz CT molecular complexity index is 865. The lowest BCUT2D eigenvalue weighted by molar-refractivity contribution is 0.645. The van der Waals surface area contributed by atoms with E-state index in [9.17, 15) is 0 Å².